The summed E-state index contributed by atoms with van der Waals surface area (Å²) in [6.07, 6.45) is 0. The summed E-state index contributed by atoms with van der Waals surface area (Å²) in [5.41, 5.74) is 2.24. The number of carbonyl (C=O) groups is 2. The van der Waals surface area contributed by atoms with Gasteiger partial charge in [0.2, 0.25) is 5.95 Å². The number of methoxy groups -OCH3 is 1. The van der Waals surface area contributed by atoms with Gasteiger partial charge < -0.3 is 29.7 Å². The Balaban J connectivity index is 1.67. The summed E-state index contributed by atoms with van der Waals surface area (Å²) in [5.74, 6) is 1.32. The number of nitrogens with one attached hydrogen (secondary N) is 2. The fraction of sp³-hybridized carbons (Fsp3) is 0.370. The number of hydrogen-bond acceptors (Lipinski definition) is 9. The number of amides is 2. The number of nitrogens with zero attached hydrogens (tertiary/aromatic N) is 5. The molecule has 2 amide bonds. The molecule has 2 aromatic carbocycles. The Morgan fingerprint density at radius 1 is 1.05 bits per heavy atom. The predicted octanol–water partition coefficient (Wildman–Crippen LogP) is 3.26. The second kappa shape index (κ2) is 12.3. The lowest BCUT2D eigenvalue weighted by molar-refractivity contribution is -0.133. The van der Waals surface area contributed by atoms with Crippen molar-refractivity contribution in [3.05, 3.63) is 59.3 Å². The number of para-hydroxylation sites is 2. The van der Waals surface area contributed by atoms with Gasteiger partial charge in [0.25, 0.3) is 11.8 Å². The molecule has 0 bridgehead atoms. The molecule has 2 N–H and O–H groups in total. The lowest BCUT2D eigenvalue weighted by Gasteiger charge is -2.28. The molecule has 39 heavy (non-hydrogen) atoms. The molecule has 1 aliphatic rings. The molecule has 0 spiro atoms. The van der Waals surface area contributed by atoms with Crippen molar-refractivity contribution in [2.45, 2.75) is 33.7 Å². The number of anilines is 2. The van der Waals surface area contributed by atoms with Crippen LogP contribution in [0.2, 0.25) is 0 Å². The van der Waals surface area contributed by atoms with E-state index in [4.69, 9.17) is 14.2 Å². The molecular weight excluding hydrogens is 502 g/mol. The number of fused-ring (bicyclic) bond motifs is 1. The first-order valence-electron chi connectivity index (χ1n) is 12.8. The van der Waals surface area contributed by atoms with Gasteiger partial charge in [-0.2, -0.15) is 4.68 Å². The van der Waals surface area contributed by atoms with E-state index in [1.807, 2.05) is 32.9 Å². The highest BCUT2D eigenvalue weighted by molar-refractivity contribution is 6.06. The second-order valence-electron chi connectivity index (χ2n) is 8.66. The van der Waals surface area contributed by atoms with Crippen LogP contribution >= 0.6 is 0 Å². The molecule has 2 heterocycles. The molecule has 0 fully saturated rings. The molecule has 1 unspecified atom stereocenters. The number of benzene rings is 2. The Morgan fingerprint density at radius 3 is 2.54 bits per heavy atom. The SMILES string of the molecule is CCOc1ccccc1NC(=O)C1=C(C)Nc2nnnn2C1c1ccc(OCC(=O)N(CC)CC)c(OC)c1. The highest BCUT2D eigenvalue weighted by Gasteiger charge is 2.35. The van der Waals surface area contributed by atoms with Gasteiger partial charge in [-0.05, 0) is 68.0 Å². The van der Waals surface area contributed by atoms with Crippen molar-refractivity contribution < 1.29 is 23.8 Å². The highest BCUT2D eigenvalue weighted by atomic mass is 16.5. The van der Waals surface area contributed by atoms with Gasteiger partial charge in [0.1, 0.15) is 11.8 Å². The lowest BCUT2D eigenvalue weighted by Crippen LogP contribution is -2.34. The number of allylic oxidation sites excluding steroid dienone is 1. The van der Waals surface area contributed by atoms with Crippen LogP contribution in [0.15, 0.2) is 53.7 Å². The lowest BCUT2D eigenvalue weighted by atomic mass is 9.94. The maximum absolute atomic E-state index is 13.7. The Kier molecular flexibility index (Phi) is 8.64. The molecule has 4 rings (SSSR count). The van der Waals surface area contributed by atoms with E-state index in [-0.39, 0.29) is 18.4 Å². The molecule has 1 atom stereocenters. The van der Waals surface area contributed by atoms with Crippen LogP contribution in [-0.2, 0) is 9.59 Å². The minimum Gasteiger partial charge on any atom is -0.493 e. The average Bonchev–Trinajstić information content (AvgIpc) is 3.41. The Labute approximate surface area is 226 Å². The van der Waals surface area contributed by atoms with Crippen molar-refractivity contribution in [2.24, 2.45) is 0 Å². The summed E-state index contributed by atoms with van der Waals surface area (Å²) in [6.45, 7) is 9.06. The van der Waals surface area contributed by atoms with E-state index in [2.05, 4.69) is 26.2 Å². The molecule has 206 valence electrons. The predicted molar refractivity (Wildman–Crippen MR) is 145 cm³/mol. The van der Waals surface area contributed by atoms with E-state index in [0.717, 1.165) is 0 Å². The zero-order chi connectivity index (χ0) is 27.9. The maximum Gasteiger partial charge on any atom is 0.260 e. The number of carbonyl (C=O) groups excluding carboxylic acids is 2. The fourth-order valence-corrected chi connectivity index (χ4v) is 4.44. The summed E-state index contributed by atoms with van der Waals surface area (Å²) in [7, 11) is 1.52. The molecular formula is C27H33N7O5. The molecule has 12 heteroatoms. The summed E-state index contributed by atoms with van der Waals surface area (Å²) in [4.78, 5) is 27.9. The first-order valence-corrected chi connectivity index (χ1v) is 12.8. The van der Waals surface area contributed by atoms with E-state index in [0.29, 0.717) is 65.4 Å². The number of aromatic nitrogens is 4. The number of hydrogen-bond donors (Lipinski definition) is 2. The second-order valence-corrected chi connectivity index (χ2v) is 8.66. The van der Waals surface area contributed by atoms with Gasteiger partial charge in [-0.25, -0.2) is 0 Å². The third-order valence-corrected chi connectivity index (χ3v) is 6.36. The molecule has 1 aliphatic heterocycles. The van der Waals surface area contributed by atoms with Gasteiger partial charge in [0, 0.05) is 18.8 Å². The third-order valence-electron chi connectivity index (χ3n) is 6.36. The molecule has 1 aromatic heterocycles. The van der Waals surface area contributed by atoms with Crippen molar-refractivity contribution in [2.75, 3.05) is 44.0 Å². The fourth-order valence-electron chi connectivity index (χ4n) is 4.44. The van der Waals surface area contributed by atoms with Gasteiger partial charge in [-0.15, -0.1) is 0 Å². The van der Waals surface area contributed by atoms with Crippen molar-refractivity contribution in [3.63, 3.8) is 0 Å². The Hall–Kier alpha value is -4.61. The van der Waals surface area contributed by atoms with Gasteiger partial charge in [0.05, 0.1) is 25.0 Å². The van der Waals surface area contributed by atoms with Crippen LogP contribution in [0.1, 0.15) is 39.3 Å². The topological polar surface area (TPSA) is 133 Å². The number of tetrazole rings is 1. The number of rotatable bonds is 11. The van der Waals surface area contributed by atoms with Gasteiger partial charge in [0.15, 0.2) is 18.1 Å². The number of ether oxygens (including phenoxy) is 3. The van der Waals surface area contributed by atoms with Gasteiger partial charge in [-0.1, -0.05) is 23.3 Å². The quantitative estimate of drug-likeness (QED) is 0.380. The van der Waals surface area contributed by atoms with Crippen LogP contribution in [-0.4, -0.2) is 70.3 Å². The van der Waals surface area contributed by atoms with Crippen molar-refractivity contribution >= 4 is 23.5 Å². The van der Waals surface area contributed by atoms with E-state index in [1.165, 1.54) is 11.8 Å². The van der Waals surface area contributed by atoms with Crippen molar-refractivity contribution in [3.8, 4) is 17.2 Å². The molecule has 0 saturated carbocycles. The van der Waals surface area contributed by atoms with Crippen molar-refractivity contribution in [1.82, 2.24) is 25.1 Å². The van der Waals surface area contributed by atoms with Gasteiger partial charge >= 0.3 is 0 Å². The summed E-state index contributed by atoms with van der Waals surface area (Å²) >= 11 is 0. The largest absolute Gasteiger partial charge is 0.493 e. The third kappa shape index (κ3) is 5.79. The highest BCUT2D eigenvalue weighted by Crippen LogP contribution is 2.39. The molecule has 3 aromatic rings. The normalized spacial score (nSPS) is 14.2. The van der Waals surface area contributed by atoms with Crippen LogP contribution in [0.3, 0.4) is 0 Å². The van der Waals surface area contributed by atoms with Crippen LogP contribution in [0.4, 0.5) is 11.6 Å². The monoisotopic (exact) mass is 535 g/mol. The number of likely N-dealkylation sites (N-methyl/N-ethyl adjacent to an activating group) is 1. The Bertz CT molecular complexity index is 1370. The van der Waals surface area contributed by atoms with Crippen LogP contribution < -0.4 is 24.8 Å². The first kappa shape index (κ1) is 27.4. The van der Waals surface area contributed by atoms with Gasteiger partial charge in [-0.3, -0.25) is 9.59 Å². The zero-order valence-electron chi connectivity index (χ0n) is 22.7. The smallest absolute Gasteiger partial charge is 0.260 e. The van der Waals surface area contributed by atoms with E-state index in [9.17, 15) is 9.59 Å². The maximum atomic E-state index is 13.7. The van der Waals surface area contributed by atoms with Crippen LogP contribution in [0, 0.1) is 0 Å². The van der Waals surface area contributed by atoms with Crippen LogP contribution in [0.5, 0.6) is 17.2 Å². The molecule has 0 aliphatic carbocycles. The molecule has 0 radical (unpaired) electrons. The van der Waals surface area contributed by atoms with E-state index >= 15 is 0 Å². The summed E-state index contributed by atoms with van der Waals surface area (Å²) < 4.78 is 18.6. The average molecular weight is 536 g/mol. The standard InChI is InChI=1S/C27H33N7O5/c1-6-33(7-2)23(35)16-39-21-14-13-18(15-22(21)37-5)25-24(17(4)28-27-30-31-32-34(25)27)26(36)29-19-11-9-10-12-20(19)38-8-3/h9-15,25H,6-8,16H2,1-5H3,(H,29,36)(H,28,30,32). The molecule has 0 saturated heterocycles. The summed E-state index contributed by atoms with van der Waals surface area (Å²) in [5, 5.41) is 18.1. The van der Waals surface area contributed by atoms with E-state index < -0.39 is 6.04 Å². The minimum absolute atomic E-state index is 0.117. The van der Waals surface area contributed by atoms with Crippen LogP contribution in [0.25, 0.3) is 0 Å². The first-order chi connectivity index (χ1) is 18.9. The Morgan fingerprint density at radius 2 is 1.82 bits per heavy atom. The zero-order valence-corrected chi connectivity index (χ0v) is 22.7. The molecule has 12 nitrogen and oxygen atoms in total. The van der Waals surface area contributed by atoms with Crippen molar-refractivity contribution in [1.29, 1.82) is 0 Å². The summed E-state index contributed by atoms with van der Waals surface area (Å²) in [6, 6.07) is 11.8. The minimum atomic E-state index is -0.671. The van der Waals surface area contributed by atoms with E-state index in [1.54, 1.807) is 42.2 Å².